The molecule has 0 aliphatic carbocycles. The van der Waals surface area contributed by atoms with Gasteiger partial charge in [-0.05, 0) is 37.4 Å². The number of hydrogen-bond donors (Lipinski definition) is 1. The lowest BCUT2D eigenvalue weighted by molar-refractivity contribution is 0.269. The molecule has 0 fully saturated rings. The zero-order chi connectivity index (χ0) is 15.2. The summed E-state index contributed by atoms with van der Waals surface area (Å²) in [6.45, 7) is 0.307. The van der Waals surface area contributed by atoms with E-state index >= 15 is 0 Å². The van der Waals surface area contributed by atoms with E-state index in [0.29, 0.717) is 28.7 Å². The summed E-state index contributed by atoms with van der Waals surface area (Å²) in [5.74, 6) is 0.853. The Bertz CT molecular complexity index is 589. The first-order valence-corrected chi connectivity index (χ1v) is 6.91. The maximum Gasteiger partial charge on any atom is 0.131 e. The molecule has 5 heteroatoms. The Morgan fingerprint density at radius 2 is 1.81 bits per heavy atom. The average Bonchev–Trinajstić information content (AvgIpc) is 2.50. The molecule has 112 valence electrons. The van der Waals surface area contributed by atoms with Crippen LogP contribution in [0.3, 0.4) is 0 Å². The molecule has 0 amide bonds. The van der Waals surface area contributed by atoms with Crippen LogP contribution in [-0.4, -0.2) is 20.8 Å². The van der Waals surface area contributed by atoms with Gasteiger partial charge in [-0.25, -0.2) is 4.39 Å². The maximum atomic E-state index is 14.1. The van der Waals surface area contributed by atoms with Gasteiger partial charge in [0.05, 0.1) is 13.2 Å². The minimum Gasteiger partial charge on any atom is -0.497 e. The van der Waals surface area contributed by atoms with E-state index in [1.54, 1.807) is 43.4 Å². The minimum atomic E-state index is -0.326. The van der Waals surface area contributed by atoms with Gasteiger partial charge in [-0.2, -0.15) is 0 Å². The molecule has 1 atom stereocenters. The smallest absolute Gasteiger partial charge is 0.131 e. The van der Waals surface area contributed by atoms with E-state index in [-0.39, 0.29) is 11.9 Å². The molecule has 2 aromatic rings. The number of likely N-dealkylation sites (N-methyl/N-ethyl adjacent to an activating group) is 1. The number of halogens is 2. The number of ether oxygens (including phenoxy) is 2. The molecule has 0 bridgehead atoms. The largest absolute Gasteiger partial charge is 0.497 e. The van der Waals surface area contributed by atoms with E-state index in [2.05, 4.69) is 5.32 Å². The molecule has 21 heavy (non-hydrogen) atoms. The van der Waals surface area contributed by atoms with Crippen molar-refractivity contribution in [1.82, 2.24) is 5.32 Å². The normalized spacial score (nSPS) is 12.0. The second kappa shape index (κ2) is 7.29. The quantitative estimate of drug-likeness (QED) is 0.880. The summed E-state index contributed by atoms with van der Waals surface area (Å²) < 4.78 is 24.7. The highest BCUT2D eigenvalue weighted by Gasteiger charge is 2.15. The number of nitrogens with one attached hydrogen (secondary N) is 1. The summed E-state index contributed by atoms with van der Waals surface area (Å²) in [5.41, 5.74) is 0.535. The number of rotatable bonds is 6. The van der Waals surface area contributed by atoms with Crippen LogP contribution in [0.15, 0.2) is 42.5 Å². The first-order chi connectivity index (χ1) is 10.1. The number of hydrogen-bond acceptors (Lipinski definition) is 3. The van der Waals surface area contributed by atoms with Crippen molar-refractivity contribution >= 4 is 11.6 Å². The molecule has 0 saturated carbocycles. The van der Waals surface area contributed by atoms with Crippen LogP contribution in [0.1, 0.15) is 11.6 Å². The van der Waals surface area contributed by atoms with Gasteiger partial charge in [0.1, 0.15) is 23.9 Å². The first-order valence-electron chi connectivity index (χ1n) is 6.53. The van der Waals surface area contributed by atoms with Crippen molar-refractivity contribution in [3.8, 4) is 11.5 Å². The molecular weight excluding hydrogens is 293 g/mol. The van der Waals surface area contributed by atoms with Crippen molar-refractivity contribution in [2.24, 2.45) is 0 Å². The first kappa shape index (κ1) is 15.6. The fraction of sp³-hybridized carbons (Fsp3) is 0.250. The van der Waals surface area contributed by atoms with Gasteiger partial charge in [0.2, 0.25) is 0 Å². The van der Waals surface area contributed by atoms with Gasteiger partial charge < -0.3 is 14.8 Å². The molecular formula is C16H17ClFNO2. The molecule has 0 saturated heterocycles. The Balaban J connectivity index is 2.07. The highest BCUT2D eigenvalue weighted by atomic mass is 35.5. The van der Waals surface area contributed by atoms with E-state index in [0.717, 1.165) is 0 Å². The Hall–Kier alpha value is -1.78. The predicted molar refractivity (Wildman–Crippen MR) is 81.7 cm³/mol. The molecule has 0 aliphatic heterocycles. The molecule has 0 heterocycles. The average molecular weight is 310 g/mol. The Morgan fingerprint density at radius 1 is 1.14 bits per heavy atom. The lowest BCUT2D eigenvalue weighted by Crippen LogP contribution is -2.24. The highest BCUT2D eigenvalue weighted by molar-refractivity contribution is 6.30. The van der Waals surface area contributed by atoms with Crippen molar-refractivity contribution in [2.45, 2.75) is 6.04 Å². The van der Waals surface area contributed by atoms with E-state index in [4.69, 9.17) is 21.1 Å². The van der Waals surface area contributed by atoms with Crippen LogP contribution in [0.2, 0.25) is 5.02 Å². The maximum absolute atomic E-state index is 14.1. The van der Waals surface area contributed by atoms with Gasteiger partial charge in [-0.3, -0.25) is 0 Å². The zero-order valence-electron chi connectivity index (χ0n) is 11.9. The van der Waals surface area contributed by atoms with Crippen LogP contribution in [-0.2, 0) is 0 Å². The molecule has 2 rings (SSSR count). The Morgan fingerprint density at radius 3 is 2.38 bits per heavy atom. The van der Waals surface area contributed by atoms with Gasteiger partial charge in [0.25, 0.3) is 0 Å². The highest BCUT2D eigenvalue weighted by Crippen LogP contribution is 2.23. The third kappa shape index (κ3) is 4.09. The molecule has 0 aliphatic rings. The third-order valence-corrected chi connectivity index (χ3v) is 3.41. The zero-order valence-corrected chi connectivity index (χ0v) is 12.7. The number of methoxy groups -OCH3 is 1. The second-order valence-electron chi connectivity index (χ2n) is 4.49. The standard InChI is InChI=1S/C16H17ClFNO2/c1-19-16(10-21-12-5-3-11(17)4-6-12)14-8-7-13(20-2)9-15(14)18/h3-9,16,19H,10H2,1-2H3. The third-order valence-electron chi connectivity index (χ3n) is 3.16. The van der Waals surface area contributed by atoms with Gasteiger partial charge in [0, 0.05) is 16.7 Å². The fourth-order valence-corrected chi connectivity index (χ4v) is 2.08. The van der Waals surface area contributed by atoms with Crippen LogP contribution in [0, 0.1) is 5.82 Å². The molecule has 1 unspecified atom stereocenters. The van der Waals surface area contributed by atoms with Gasteiger partial charge in [-0.1, -0.05) is 17.7 Å². The predicted octanol–water partition coefficient (Wildman–Crippen LogP) is 3.83. The van der Waals surface area contributed by atoms with Crippen molar-refractivity contribution in [3.63, 3.8) is 0 Å². The van der Waals surface area contributed by atoms with E-state index in [1.165, 1.54) is 13.2 Å². The van der Waals surface area contributed by atoms with Gasteiger partial charge in [0.15, 0.2) is 0 Å². The van der Waals surface area contributed by atoms with Crippen molar-refractivity contribution in [1.29, 1.82) is 0 Å². The fourth-order valence-electron chi connectivity index (χ4n) is 1.96. The van der Waals surface area contributed by atoms with Crippen LogP contribution in [0.5, 0.6) is 11.5 Å². The van der Waals surface area contributed by atoms with Gasteiger partial charge in [-0.15, -0.1) is 0 Å². The second-order valence-corrected chi connectivity index (χ2v) is 4.93. The summed E-state index contributed by atoms with van der Waals surface area (Å²) in [7, 11) is 3.27. The molecule has 0 radical (unpaired) electrons. The summed E-state index contributed by atoms with van der Waals surface area (Å²) in [4.78, 5) is 0. The Labute approximate surface area is 128 Å². The molecule has 0 spiro atoms. The molecule has 3 nitrogen and oxygen atoms in total. The van der Waals surface area contributed by atoms with Crippen molar-refractivity contribution in [2.75, 3.05) is 20.8 Å². The Kier molecular flexibility index (Phi) is 5.42. The van der Waals surface area contributed by atoms with Crippen LogP contribution in [0.25, 0.3) is 0 Å². The summed E-state index contributed by atoms with van der Waals surface area (Å²) >= 11 is 5.82. The summed E-state index contributed by atoms with van der Waals surface area (Å²) in [6, 6.07) is 11.6. The molecule has 1 N–H and O–H groups in total. The lowest BCUT2D eigenvalue weighted by atomic mass is 10.1. The van der Waals surface area contributed by atoms with Crippen molar-refractivity contribution < 1.29 is 13.9 Å². The molecule has 0 aromatic heterocycles. The van der Waals surface area contributed by atoms with E-state index in [1.807, 2.05) is 0 Å². The monoisotopic (exact) mass is 309 g/mol. The topological polar surface area (TPSA) is 30.5 Å². The van der Waals surface area contributed by atoms with Gasteiger partial charge >= 0.3 is 0 Å². The van der Waals surface area contributed by atoms with Crippen LogP contribution >= 0.6 is 11.6 Å². The van der Waals surface area contributed by atoms with Crippen LogP contribution < -0.4 is 14.8 Å². The van der Waals surface area contributed by atoms with Crippen LogP contribution in [0.4, 0.5) is 4.39 Å². The van der Waals surface area contributed by atoms with Crippen molar-refractivity contribution in [3.05, 3.63) is 58.9 Å². The SMILES string of the molecule is CNC(COc1ccc(Cl)cc1)c1ccc(OC)cc1F. The molecule has 2 aromatic carbocycles. The van der Waals surface area contributed by atoms with E-state index in [9.17, 15) is 4.39 Å². The van der Waals surface area contributed by atoms with E-state index < -0.39 is 0 Å². The number of benzene rings is 2. The summed E-state index contributed by atoms with van der Waals surface area (Å²) in [5, 5.41) is 3.69. The summed E-state index contributed by atoms with van der Waals surface area (Å²) in [6.07, 6.45) is 0. The minimum absolute atomic E-state index is 0.258. The lowest BCUT2D eigenvalue weighted by Gasteiger charge is -2.18.